The van der Waals surface area contributed by atoms with Gasteiger partial charge in [0.15, 0.2) is 11.6 Å². The number of hydrogen-bond donors (Lipinski definition) is 2. The minimum absolute atomic E-state index is 0.0135. The van der Waals surface area contributed by atoms with Crippen LogP contribution in [0, 0.1) is 5.82 Å². The molecular formula is C11H15FN2O3S. The maximum Gasteiger partial charge on any atom is 0.240 e. The molecule has 1 aliphatic carbocycles. The molecule has 1 aromatic rings. The Morgan fingerprint density at radius 3 is 2.61 bits per heavy atom. The molecule has 1 aliphatic rings. The highest BCUT2D eigenvalue weighted by molar-refractivity contribution is 7.89. The molecule has 7 heteroatoms. The number of benzene rings is 1. The number of nitrogens with two attached hydrogens (primary N) is 1. The molecule has 5 nitrogen and oxygen atoms in total. The Hall–Kier alpha value is -1.18. The van der Waals surface area contributed by atoms with Gasteiger partial charge in [0.1, 0.15) is 0 Å². The van der Waals surface area contributed by atoms with Crippen molar-refractivity contribution in [1.82, 2.24) is 4.72 Å². The topological polar surface area (TPSA) is 81.4 Å². The number of methoxy groups -OCH3 is 1. The van der Waals surface area contributed by atoms with Crippen LogP contribution < -0.4 is 15.2 Å². The Morgan fingerprint density at radius 1 is 1.44 bits per heavy atom. The van der Waals surface area contributed by atoms with Crippen LogP contribution in [0.3, 0.4) is 0 Å². The lowest BCUT2D eigenvalue weighted by atomic mass is 9.89. The van der Waals surface area contributed by atoms with E-state index in [2.05, 4.69) is 4.72 Å². The second-order valence-electron chi connectivity index (χ2n) is 4.35. The molecule has 3 N–H and O–H groups in total. The molecule has 0 aliphatic heterocycles. The van der Waals surface area contributed by atoms with Gasteiger partial charge in [-0.05, 0) is 31.0 Å². The number of sulfonamides is 1. The number of hydrogen-bond acceptors (Lipinski definition) is 4. The van der Waals surface area contributed by atoms with Crippen molar-refractivity contribution in [2.75, 3.05) is 7.11 Å². The first kappa shape index (κ1) is 13.3. The van der Waals surface area contributed by atoms with E-state index in [-0.39, 0.29) is 22.7 Å². The zero-order chi connectivity index (χ0) is 13.3. The van der Waals surface area contributed by atoms with Crippen molar-refractivity contribution < 1.29 is 17.5 Å². The van der Waals surface area contributed by atoms with Gasteiger partial charge in [-0.1, -0.05) is 0 Å². The molecule has 2 rings (SSSR count). The van der Waals surface area contributed by atoms with Crippen LogP contribution in [0.2, 0.25) is 0 Å². The Morgan fingerprint density at radius 2 is 2.11 bits per heavy atom. The largest absolute Gasteiger partial charge is 0.494 e. The lowest BCUT2D eigenvalue weighted by molar-refractivity contribution is 0.327. The van der Waals surface area contributed by atoms with Crippen molar-refractivity contribution >= 4 is 10.0 Å². The standard InChI is InChI=1S/C11H15FN2O3S/c1-17-11-3-2-9(6-10(11)12)18(15,16)14-8-4-7(13)5-8/h2-3,6-8,14H,4-5,13H2,1H3. The van der Waals surface area contributed by atoms with Crippen LogP contribution in [-0.4, -0.2) is 27.6 Å². The van der Waals surface area contributed by atoms with Gasteiger partial charge in [-0.15, -0.1) is 0 Å². The molecule has 1 aromatic carbocycles. The van der Waals surface area contributed by atoms with Gasteiger partial charge in [0.05, 0.1) is 12.0 Å². The van der Waals surface area contributed by atoms with Crippen LogP contribution in [-0.2, 0) is 10.0 Å². The van der Waals surface area contributed by atoms with Crippen molar-refractivity contribution in [1.29, 1.82) is 0 Å². The monoisotopic (exact) mass is 274 g/mol. The van der Waals surface area contributed by atoms with Crippen LogP contribution in [0.15, 0.2) is 23.1 Å². The van der Waals surface area contributed by atoms with Crippen LogP contribution in [0.4, 0.5) is 4.39 Å². The molecule has 0 saturated heterocycles. The van der Waals surface area contributed by atoms with Gasteiger partial charge in [-0.25, -0.2) is 17.5 Å². The summed E-state index contributed by atoms with van der Waals surface area (Å²) in [6.45, 7) is 0. The summed E-state index contributed by atoms with van der Waals surface area (Å²) < 4.78 is 44.5. The molecule has 0 radical (unpaired) electrons. The number of nitrogens with one attached hydrogen (secondary N) is 1. The fourth-order valence-electron chi connectivity index (χ4n) is 1.86. The summed E-state index contributed by atoms with van der Waals surface area (Å²) in [5, 5.41) is 0. The first-order valence-corrected chi connectivity index (χ1v) is 7.02. The van der Waals surface area contributed by atoms with E-state index in [9.17, 15) is 12.8 Å². The minimum Gasteiger partial charge on any atom is -0.494 e. The summed E-state index contributed by atoms with van der Waals surface area (Å²) >= 11 is 0. The average Bonchev–Trinajstić information content (AvgIpc) is 2.26. The molecule has 0 atom stereocenters. The van der Waals surface area contributed by atoms with Crippen LogP contribution in [0.1, 0.15) is 12.8 Å². The minimum atomic E-state index is -3.69. The molecule has 0 bridgehead atoms. The summed E-state index contributed by atoms with van der Waals surface area (Å²) in [4.78, 5) is -0.110. The lowest BCUT2D eigenvalue weighted by Gasteiger charge is -2.32. The third kappa shape index (κ3) is 2.63. The number of halogens is 1. The molecule has 100 valence electrons. The van der Waals surface area contributed by atoms with E-state index in [1.54, 1.807) is 0 Å². The highest BCUT2D eigenvalue weighted by Gasteiger charge is 2.30. The molecular weight excluding hydrogens is 259 g/mol. The Kier molecular flexibility index (Phi) is 3.56. The summed E-state index contributed by atoms with van der Waals surface area (Å²) in [6, 6.07) is 3.43. The van der Waals surface area contributed by atoms with Gasteiger partial charge in [0, 0.05) is 12.1 Å². The number of rotatable bonds is 4. The highest BCUT2D eigenvalue weighted by Crippen LogP contribution is 2.23. The van der Waals surface area contributed by atoms with Crippen LogP contribution in [0.5, 0.6) is 5.75 Å². The SMILES string of the molecule is COc1ccc(S(=O)(=O)NC2CC(N)C2)cc1F. The van der Waals surface area contributed by atoms with Crippen molar-refractivity contribution in [3.8, 4) is 5.75 Å². The van der Waals surface area contributed by atoms with E-state index in [0.717, 1.165) is 6.07 Å². The smallest absolute Gasteiger partial charge is 0.240 e. The summed E-state index contributed by atoms with van der Waals surface area (Å²) in [5.74, 6) is -0.690. The fourth-order valence-corrected chi connectivity index (χ4v) is 3.13. The van der Waals surface area contributed by atoms with Crippen LogP contribution in [0.25, 0.3) is 0 Å². The third-order valence-corrected chi connectivity index (χ3v) is 4.45. The van der Waals surface area contributed by atoms with Gasteiger partial charge in [0.25, 0.3) is 0 Å². The van der Waals surface area contributed by atoms with Gasteiger partial charge in [-0.3, -0.25) is 0 Å². The second-order valence-corrected chi connectivity index (χ2v) is 6.06. The Labute approximate surface area is 105 Å². The first-order chi connectivity index (χ1) is 8.42. The Balaban J connectivity index is 2.16. The first-order valence-electron chi connectivity index (χ1n) is 5.54. The van der Waals surface area contributed by atoms with Crippen molar-refractivity contribution in [2.45, 2.75) is 29.8 Å². The second kappa shape index (κ2) is 4.83. The quantitative estimate of drug-likeness (QED) is 0.842. The molecule has 1 fully saturated rings. The lowest BCUT2D eigenvalue weighted by Crippen LogP contribution is -2.50. The van der Waals surface area contributed by atoms with Gasteiger partial charge >= 0.3 is 0 Å². The van der Waals surface area contributed by atoms with E-state index in [4.69, 9.17) is 10.5 Å². The molecule has 18 heavy (non-hydrogen) atoms. The molecule has 0 spiro atoms. The van der Waals surface area contributed by atoms with E-state index in [0.29, 0.717) is 12.8 Å². The molecule has 1 saturated carbocycles. The summed E-state index contributed by atoms with van der Waals surface area (Å²) in [6.07, 6.45) is 1.22. The van der Waals surface area contributed by atoms with Crippen molar-refractivity contribution in [2.24, 2.45) is 5.73 Å². The average molecular weight is 274 g/mol. The zero-order valence-electron chi connectivity index (χ0n) is 9.89. The normalized spacial score (nSPS) is 23.5. The fraction of sp³-hybridized carbons (Fsp3) is 0.455. The maximum atomic E-state index is 13.4. The van der Waals surface area contributed by atoms with Crippen LogP contribution >= 0.6 is 0 Å². The maximum absolute atomic E-state index is 13.4. The van der Waals surface area contributed by atoms with Crippen molar-refractivity contribution in [3.63, 3.8) is 0 Å². The summed E-state index contributed by atoms with van der Waals surface area (Å²) in [5.41, 5.74) is 5.58. The number of ether oxygens (including phenoxy) is 1. The van der Waals surface area contributed by atoms with E-state index in [1.165, 1.54) is 19.2 Å². The van der Waals surface area contributed by atoms with Gasteiger partial charge in [-0.2, -0.15) is 0 Å². The van der Waals surface area contributed by atoms with Gasteiger partial charge in [0.2, 0.25) is 10.0 Å². The summed E-state index contributed by atoms with van der Waals surface area (Å²) in [7, 11) is -2.37. The predicted molar refractivity (Wildman–Crippen MR) is 64.3 cm³/mol. The zero-order valence-corrected chi connectivity index (χ0v) is 10.7. The Bertz CT molecular complexity index is 541. The third-order valence-electron chi connectivity index (χ3n) is 2.93. The molecule has 0 unspecified atom stereocenters. The molecule has 0 aromatic heterocycles. The van der Waals surface area contributed by atoms with Crippen molar-refractivity contribution in [3.05, 3.63) is 24.0 Å². The highest BCUT2D eigenvalue weighted by atomic mass is 32.2. The van der Waals surface area contributed by atoms with E-state index in [1.807, 2.05) is 0 Å². The van der Waals surface area contributed by atoms with Gasteiger partial charge < -0.3 is 10.5 Å². The van der Waals surface area contributed by atoms with E-state index < -0.39 is 15.8 Å². The molecule has 0 amide bonds. The van der Waals surface area contributed by atoms with E-state index >= 15 is 0 Å². The molecule has 0 heterocycles. The predicted octanol–water partition coefficient (Wildman–Crippen LogP) is 0.602.